The molecule has 0 radical (unpaired) electrons. The monoisotopic (exact) mass is 348 g/mol. The van der Waals surface area contributed by atoms with E-state index in [-0.39, 0.29) is 22.7 Å². The van der Waals surface area contributed by atoms with Gasteiger partial charge in [-0.05, 0) is 73.3 Å². The number of aliphatic hydroxyl groups excluding tert-OH is 1. The Bertz CT molecular complexity index is 641. The first-order valence-corrected chi connectivity index (χ1v) is 9.67. The predicted octanol–water partition coefficient (Wildman–Crippen LogP) is 4.74. The third kappa shape index (κ3) is 2.39. The molecule has 4 heteroatoms. The standard InChI is InChI=1S/C21H29FO3/c1-12(23)25-19-18(22)11-17-15-5-4-13-10-14(24)6-8-20(13,2)16(15)7-9-21(17,19)3/h6,8,10,13,15-19,24H,4-5,7,9,11H2,1-3H3/t13?,15-,16+,17+,18-,19+,20+,21+/m1/s1. The lowest BCUT2D eigenvalue weighted by molar-refractivity contribution is -0.161. The fourth-order valence-electron chi connectivity index (χ4n) is 6.77. The highest BCUT2D eigenvalue weighted by Gasteiger charge is 2.63. The molecule has 0 bridgehead atoms. The Balaban J connectivity index is 1.64. The number of fused-ring (bicyclic) bond motifs is 5. The number of alkyl halides is 1. The molecule has 0 amide bonds. The van der Waals surface area contributed by atoms with E-state index in [0.717, 1.165) is 25.7 Å². The minimum absolute atomic E-state index is 0.0435. The second-order valence-electron chi connectivity index (χ2n) is 9.18. The molecular weight excluding hydrogens is 319 g/mol. The van der Waals surface area contributed by atoms with E-state index in [1.807, 2.05) is 12.2 Å². The normalized spacial score (nSPS) is 51.1. The van der Waals surface area contributed by atoms with Gasteiger partial charge in [0.15, 0.2) is 0 Å². The summed E-state index contributed by atoms with van der Waals surface area (Å²) in [5, 5.41) is 9.88. The van der Waals surface area contributed by atoms with E-state index in [2.05, 4.69) is 19.9 Å². The first-order valence-electron chi connectivity index (χ1n) is 9.67. The summed E-state index contributed by atoms with van der Waals surface area (Å²) in [6.45, 7) is 5.83. The summed E-state index contributed by atoms with van der Waals surface area (Å²) in [4.78, 5) is 11.5. The van der Waals surface area contributed by atoms with Crippen molar-refractivity contribution in [3.8, 4) is 0 Å². The molecular formula is C21H29FO3. The lowest BCUT2D eigenvalue weighted by Gasteiger charge is -2.57. The highest BCUT2D eigenvalue weighted by atomic mass is 19.1. The van der Waals surface area contributed by atoms with Crippen LogP contribution >= 0.6 is 0 Å². The summed E-state index contributed by atoms with van der Waals surface area (Å²) in [6, 6.07) is 0. The van der Waals surface area contributed by atoms with E-state index in [1.165, 1.54) is 6.92 Å². The van der Waals surface area contributed by atoms with Gasteiger partial charge in [0, 0.05) is 12.3 Å². The maximum Gasteiger partial charge on any atom is 0.303 e. The summed E-state index contributed by atoms with van der Waals surface area (Å²) >= 11 is 0. The molecule has 1 N–H and O–H groups in total. The number of ether oxygens (including phenoxy) is 1. The lowest BCUT2D eigenvalue weighted by atomic mass is 9.47. The molecule has 138 valence electrons. The fourth-order valence-corrected chi connectivity index (χ4v) is 6.77. The fraction of sp³-hybridized carbons (Fsp3) is 0.762. The molecule has 0 aromatic heterocycles. The van der Waals surface area contributed by atoms with Crippen molar-refractivity contribution < 1.29 is 19.0 Å². The first kappa shape index (κ1) is 17.1. The molecule has 3 saturated carbocycles. The second kappa shape index (κ2) is 5.59. The van der Waals surface area contributed by atoms with Gasteiger partial charge in [0.2, 0.25) is 0 Å². The molecule has 0 saturated heterocycles. The van der Waals surface area contributed by atoms with Gasteiger partial charge in [-0.25, -0.2) is 4.39 Å². The van der Waals surface area contributed by atoms with Crippen LogP contribution in [0.25, 0.3) is 0 Å². The van der Waals surface area contributed by atoms with Gasteiger partial charge in [0.25, 0.3) is 0 Å². The van der Waals surface area contributed by atoms with Gasteiger partial charge in [-0.3, -0.25) is 4.79 Å². The number of allylic oxidation sites excluding steroid dienone is 3. The van der Waals surface area contributed by atoms with Crippen LogP contribution in [0.3, 0.4) is 0 Å². The zero-order chi connectivity index (χ0) is 18.0. The molecule has 0 aromatic rings. The van der Waals surface area contributed by atoms with Crippen LogP contribution in [-0.4, -0.2) is 23.4 Å². The second-order valence-corrected chi connectivity index (χ2v) is 9.18. The molecule has 0 heterocycles. The van der Waals surface area contributed by atoms with E-state index in [1.54, 1.807) is 0 Å². The van der Waals surface area contributed by atoms with Crippen LogP contribution < -0.4 is 0 Å². The molecule has 4 aliphatic carbocycles. The van der Waals surface area contributed by atoms with Crippen molar-refractivity contribution in [1.29, 1.82) is 0 Å². The molecule has 0 aromatic carbocycles. The summed E-state index contributed by atoms with van der Waals surface area (Å²) in [5.41, 5.74) is -0.201. The van der Waals surface area contributed by atoms with Crippen LogP contribution in [0.15, 0.2) is 24.0 Å². The van der Waals surface area contributed by atoms with Gasteiger partial charge in [-0.1, -0.05) is 19.9 Å². The number of halogens is 1. The average Bonchev–Trinajstić information content (AvgIpc) is 2.79. The molecule has 0 spiro atoms. The Kier molecular flexibility index (Phi) is 3.82. The van der Waals surface area contributed by atoms with Crippen molar-refractivity contribution in [2.24, 2.45) is 34.5 Å². The summed E-state index contributed by atoms with van der Waals surface area (Å²) in [7, 11) is 0. The zero-order valence-electron chi connectivity index (χ0n) is 15.4. The van der Waals surface area contributed by atoms with Gasteiger partial charge in [-0.2, -0.15) is 0 Å². The summed E-state index contributed by atoms with van der Waals surface area (Å²) in [5.74, 6) is 1.63. The number of esters is 1. The van der Waals surface area contributed by atoms with Gasteiger partial charge < -0.3 is 9.84 Å². The Morgan fingerprint density at radius 1 is 1.28 bits per heavy atom. The third-order valence-corrected chi connectivity index (χ3v) is 8.02. The van der Waals surface area contributed by atoms with Crippen molar-refractivity contribution in [2.45, 2.75) is 65.2 Å². The van der Waals surface area contributed by atoms with Crippen LogP contribution in [0, 0.1) is 34.5 Å². The van der Waals surface area contributed by atoms with Crippen LogP contribution in [-0.2, 0) is 9.53 Å². The molecule has 0 aliphatic heterocycles. The van der Waals surface area contributed by atoms with E-state index in [4.69, 9.17) is 4.74 Å². The van der Waals surface area contributed by atoms with Gasteiger partial charge in [0.05, 0.1) is 0 Å². The minimum atomic E-state index is -1.05. The molecule has 4 rings (SSSR count). The van der Waals surface area contributed by atoms with Crippen molar-refractivity contribution >= 4 is 5.97 Å². The van der Waals surface area contributed by atoms with E-state index in [0.29, 0.717) is 29.9 Å². The predicted molar refractivity (Wildman–Crippen MR) is 93.6 cm³/mol. The van der Waals surface area contributed by atoms with Gasteiger partial charge in [-0.15, -0.1) is 0 Å². The Hall–Kier alpha value is -1.32. The summed E-state index contributed by atoms with van der Waals surface area (Å²) < 4.78 is 20.3. The average molecular weight is 348 g/mol. The molecule has 3 fully saturated rings. The van der Waals surface area contributed by atoms with Crippen molar-refractivity contribution in [3.63, 3.8) is 0 Å². The van der Waals surface area contributed by atoms with E-state index in [9.17, 15) is 14.3 Å². The zero-order valence-corrected chi connectivity index (χ0v) is 15.4. The maximum atomic E-state index is 14.8. The highest BCUT2D eigenvalue weighted by molar-refractivity contribution is 5.66. The molecule has 1 unspecified atom stereocenters. The number of rotatable bonds is 1. The smallest absolute Gasteiger partial charge is 0.303 e. The van der Waals surface area contributed by atoms with Crippen LogP contribution in [0.4, 0.5) is 4.39 Å². The highest BCUT2D eigenvalue weighted by Crippen LogP contribution is 2.65. The number of aliphatic hydroxyl groups is 1. The van der Waals surface area contributed by atoms with Crippen LogP contribution in [0.5, 0.6) is 0 Å². The van der Waals surface area contributed by atoms with E-state index >= 15 is 0 Å². The minimum Gasteiger partial charge on any atom is -0.508 e. The van der Waals surface area contributed by atoms with Crippen molar-refractivity contribution in [3.05, 3.63) is 24.0 Å². The first-order chi connectivity index (χ1) is 11.8. The SMILES string of the molecule is CC(=O)O[C@H]1[C@H](F)C[C@H]2[C@@H]3CCC4C=C(O)C=C[C@]4(C)[C@H]3CC[C@@]21C. The quantitative estimate of drug-likeness (QED) is 0.697. The maximum absolute atomic E-state index is 14.8. The molecule has 3 nitrogen and oxygen atoms in total. The van der Waals surface area contributed by atoms with E-state index < -0.39 is 12.3 Å². The third-order valence-electron chi connectivity index (χ3n) is 8.02. The number of hydrogen-bond acceptors (Lipinski definition) is 3. The number of carbonyl (C=O) groups excluding carboxylic acids is 1. The topological polar surface area (TPSA) is 46.5 Å². The Labute approximate surface area is 149 Å². The molecule has 4 aliphatic rings. The largest absolute Gasteiger partial charge is 0.508 e. The van der Waals surface area contributed by atoms with Gasteiger partial charge >= 0.3 is 5.97 Å². The Morgan fingerprint density at radius 3 is 2.76 bits per heavy atom. The van der Waals surface area contributed by atoms with Crippen molar-refractivity contribution in [2.75, 3.05) is 0 Å². The van der Waals surface area contributed by atoms with Crippen LogP contribution in [0.1, 0.15) is 52.9 Å². The van der Waals surface area contributed by atoms with Gasteiger partial charge in [0.1, 0.15) is 18.0 Å². The molecule has 25 heavy (non-hydrogen) atoms. The van der Waals surface area contributed by atoms with Crippen LogP contribution in [0.2, 0.25) is 0 Å². The van der Waals surface area contributed by atoms with Crippen molar-refractivity contribution in [1.82, 2.24) is 0 Å². The Morgan fingerprint density at radius 2 is 2.04 bits per heavy atom. The molecule has 8 atom stereocenters. The summed E-state index contributed by atoms with van der Waals surface area (Å²) in [6.07, 6.45) is 8.97. The number of carbonyl (C=O) groups is 1. The lowest BCUT2D eigenvalue weighted by Crippen LogP contribution is -2.52. The number of hydrogen-bond donors (Lipinski definition) is 1.